The van der Waals surface area contributed by atoms with Crippen molar-refractivity contribution in [1.29, 1.82) is 0 Å². The summed E-state index contributed by atoms with van der Waals surface area (Å²) in [7, 11) is 0. The lowest BCUT2D eigenvalue weighted by molar-refractivity contribution is -0.366. The summed E-state index contributed by atoms with van der Waals surface area (Å²) in [5.74, 6) is 0. The van der Waals surface area contributed by atoms with Crippen molar-refractivity contribution in [3.05, 3.63) is 12.7 Å². The van der Waals surface area contributed by atoms with Gasteiger partial charge >= 0.3 is 0 Å². The predicted octanol–water partition coefficient (Wildman–Crippen LogP) is 2.70. The smallest absolute Gasteiger partial charge is 0.108 e. The third kappa shape index (κ3) is 4.99. The van der Waals surface area contributed by atoms with E-state index in [0.29, 0.717) is 0 Å². The Morgan fingerprint density at radius 1 is 1.55 bits per heavy atom. The van der Waals surface area contributed by atoms with Crippen LogP contribution in [0.3, 0.4) is 0 Å². The molecule has 0 aliphatic carbocycles. The van der Waals surface area contributed by atoms with Crippen LogP contribution in [0.15, 0.2) is 12.7 Å². The van der Waals surface area contributed by atoms with Crippen molar-refractivity contribution in [3.8, 4) is 0 Å². The van der Waals surface area contributed by atoms with Crippen LogP contribution in [-0.4, -0.2) is 11.7 Å². The van der Waals surface area contributed by atoms with E-state index in [1.54, 1.807) is 6.08 Å². The van der Waals surface area contributed by atoms with Crippen molar-refractivity contribution >= 4 is 0 Å². The van der Waals surface area contributed by atoms with E-state index in [0.717, 1.165) is 6.42 Å². The average Bonchev–Trinajstić information content (AvgIpc) is 2.00. The molecular weight excluding hydrogens is 140 g/mol. The van der Waals surface area contributed by atoms with Gasteiger partial charge in [0.05, 0.1) is 5.60 Å². The minimum absolute atomic E-state index is 0.0409. The standard InChI is InChI=1S/C9H18O2/c1-6-8(3)10-11-9(4,5)7-2/h6,8H,1,7H2,2-5H3. The summed E-state index contributed by atoms with van der Waals surface area (Å²) in [4.78, 5) is 10.2. The van der Waals surface area contributed by atoms with E-state index in [4.69, 9.17) is 9.78 Å². The molecule has 0 spiro atoms. The van der Waals surface area contributed by atoms with E-state index < -0.39 is 0 Å². The van der Waals surface area contributed by atoms with Crippen LogP contribution in [0.4, 0.5) is 0 Å². The Hall–Kier alpha value is -0.340. The van der Waals surface area contributed by atoms with Crippen LogP contribution in [0.1, 0.15) is 34.1 Å². The van der Waals surface area contributed by atoms with Crippen molar-refractivity contribution < 1.29 is 9.78 Å². The Kier molecular flexibility index (Phi) is 4.38. The number of hydrogen-bond acceptors (Lipinski definition) is 2. The van der Waals surface area contributed by atoms with Crippen molar-refractivity contribution in [2.75, 3.05) is 0 Å². The number of rotatable bonds is 5. The lowest BCUT2D eigenvalue weighted by Crippen LogP contribution is -2.25. The van der Waals surface area contributed by atoms with Gasteiger partial charge in [-0.1, -0.05) is 13.0 Å². The molecule has 0 aromatic carbocycles. The summed E-state index contributed by atoms with van der Waals surface area (Å²) in [5, 5.41) is 0. The fraction of sp³-hybridized carbons (Fsp3) is 0.778. The first kappa shape index (κ1) is 10.7. The van der Waals surface area contributed by atoms with Gasteiger partial charge in [0.1, 0.15) is 6.10 Å². The van der Waals surface area contributed by atoms with E-state index >= 15 is 0 Å². The van der Waals surface area contributed by atoms with Crippen LogP contribution in [-0.2, 0) is 9.78 Å². The van der Waals surface area contributed by atoms with E-state index in [1.807, 2.05) is 20.8 Å². The first-order chi connectivity index (χ1) is 5.02. The largest absolute Gasteiger partial charge is 0.230 e. The first-order valence-electron chi connectivity index (χ1n) is 3.99. The lowest BCUT2D eigenvalue weighted by Gasteiger charge is -2.22. The zero-order valence-electron chi connectivity index (χ0n) is 7.89. The van der Waals surface area contributed by atoms with Crippen molar-refractivity contribution in [2.45, 2.75) is 45.8 Å². The summed E-state index contributed by atoms with van der Waals surface area (Å²) in [6.07, 6.45) is 2.59. The van der Waals surface area contributed by atoms with Crippen molar-refractivity contribution in [1.82, 2.24) is 0 Å². The molecule has 0 amide bonds. The Morgan fingerprint density at radius 3 is 2.45 bits per heavy atom. The van der Waals surface area contributed by atoms with Gasteiger partial charge in [0.25, 0.3) is 0 Å². The highest BCUT2D eigenvalue weighted by atomic mass is 17.2. The van der Waals surface area contributed by atoms with E-state index in [9.17, 15) is 0 Å². The van der Waals surface area contributed by atoms with Gasteiger partial charge in [0, 0.05) is 0 Å². The van der Waals surface area contributed by atoms with Gasteiger partial charge < -0.3 is 0 Å². The molecule has 0 aliphatic heterocycles. The molecule has 0 aromatic heterocycles. The lowest BCUT2D eigenvalue weighted by atomic mass is 10.1. The summed E-state index contributed by atoms with van der Waals surface area (Å²) in [6, 6.07) is 0. The van der Waals surface area contributed by atoms with Gasteiger partial charge in [0.15, 0.2) is 0 Å². The zero-order chi connectivity index (χ0) is 8.91. The maximum Gasteiger partial charge on any atom is 0.108 e. The minimum Gasteiger partial charge on any atom is -0.230 e. The van der Waals surface area contributed by atoms with Crippen LogP contribution < -0.4 is 0 Å². The van der Waals surface area contributed by atoms with Gasteiger partial charge in [-0.25, -0.2) is 9.78 Å². The highest BCUT2D eigenvalue weighted by Crippen LogP contribution is 2.14. The maximum atomic E-state index is 5.16. The molecule has 0 heterocycles. The second-order valence-corrected chi connectivity index (χ2v) is 3.23. The quantitative estimate of drug-likeness (QED) is 0.348. The minimum atomic E-state index is -0.197. The highest BCUT2D eigenvalue weighted by molar-refractivity contribution is 4.74. The molecule has 66 valence electrons. The van der Waals surface area contributed by atoms with Crippen LogP contribution in [0, 0.1) is 0 Å². The Morgan fingerprint density at radius 2 is 2.09 bits per heavy atom. The summed E-state index contributed by atoms with van der Waals surface area (Å²) in [5.41, 5.74) is -0.197. The molecule has 0 fully saturated rings. The molecule has 2 nitrogen and oxygen atoms in total. The molecule has 1 unspecified atom stereocenters. The molecule has 11 heavy (non-hydrogen) atoms. The highest BCUT2D eigenvalue weighted by Gasteiger charge is 2.17. The Balaban J connectivity index is 3.60. The zero-order valence-corrected chi connectivity index (χ0v) is 7.89. The van der Waals surface area contributed by atoms with E-state index in [-0.39, 0.29) is 11.7 Å². The molecule has 0 aliphatic rings. The normalized spacial score (nSPS) is 14.5. The maximum absolute atomic E-state index is 5.16. The molecule has 2 heteroatoms. The number of hydrogen-bond donors (Lipinski definition) is 0. The van der Waals surface area contributed by atoms with Crippen molar-refractivity contribution in [2.24, 2.45) is 0 Å². The SMILES string of the molecule is C=CC(C)OOC(C)(C)CC. The molecule has 1 atom stereocenters. The summed E-state index contributed by atoms with van der Waals surface area (Å²) < 4.78 is 0. The van der Waals surface area contributed by atoms with Crippen LogP contribution in [0.5, 0.6) is 0 Å². The van der Waals surface area contributed by atoms with E-state index in [1.165, 1.54) is 0 Å². The van der Waals surface area contributed by atoms with Gasteiger partial charge in [-0.05, 0) is 27.2 Å². The van der Waals surface area contributed by atoms with Gasteiger partial charge in [-0.2, -0.15) is 0 Å². The van der Waals surface area contributed by atoms with Crippen LogP contribution >= 0.6 is 0 Å². The second kappa shape index (κ2) is 4.52. The molecule has 0 bridgehead atoms. The van der Waals surface area contributed by atoms with Crippen LogP contribution in [0.2, 0.25) is 0 Å². The molecule has 0 aromatic rings. The topological polar surface area (TPSA) is 18.5 Å². The van der Waals surface area contributed by atoms with Gasteiger partial charge in [-0.3, -0.25) is 0 Å². The molecule has 0 saturated carbocycles. The third-order valence-electron chi connectivity index (χ3n) is 1.61. The molecular formula is C9H18O2. The molecule has 0 radical (unpaired) electrons. The average molecular weight is 158 g/mol. The van der Waals surface area contributed by atoms with Gasteiger partial charge in [-0.15, -0.1) is 6.58 Å². The second-order valence-electron chi connectivity index (χ2n) is 3.23. The monoisotopic (exact) mass is 158 g/mol. The molecule has 0 rings (SSSR count). The van der Waals surface area contributed by atoms with Gasteiger partial charge in [0.2, 0.25) is 0 Å². The van der Waals surface area contributed by atoms with Crippen molar-refractivity contribution in [3.63, 3.8) is 0 Å². The predicted molar refractivity (Wildman–Crippen MR) is 46.2 cm³/mol. The Bertz CT molecular complexity index is 119. The Labute approximate surface area is 69.1 Å². The summed E-state index contributed by atoms with van der Waals surface area (Å²) >= 11 is 0. The van der Waals surface area contributed by atoms with Crippen LogP contribution in [0.25, 0.3) is 0 Å². The fourth-order valence-electron chi connectivity index (χ4n) is 0.304. The first-order valence-corrected chi connectivity index (χ1v) is 3.99. The van der Waals surface area contributed by atoms with E-state index in [2.05, 4.69) is 13.5 Å². The third-order valence-corrected chi connectivity index (χ3v) is 1.61. The fourth-order valence-corrected chi connectivity index (χ4v) is 0.304. The molecule has 0 saturated heterocycles. The molecule has 0 N–H and O–H groups in total. The summed E-state index contributed by atoms with van der Waals surface area (Å²) in [6.45, 7) is 11.5.